The zero-order chi connectivity index (χ0) is 19.7. The Morgan fingerprint density at radius 3 is 2.57 bits per heavy atom. The van der Waals surface area contributed by atoms with Crippen LogP contribution in [0.25, 0.3) is 5.69 Å². The molecule has 0 aliphatic heterocycles. The third-order valence-corrected chi connectivity index (χ3v) is 6.47. The van der Waals surface area contributed by atoms with E-state index in [1.165, 1.54) is 0 Å². The summed E-state index contributed by atoms with van der Waals surface area (Å²) in [6, 6.07) is 7.91. The molecule has 148 valence electrons. The van der Waals surface area contributed by atoms with Gasteiger partial charge in [-0.3, -0.25) is 9.59 Å². The van der Waals surface area contributed by atoms with Gasteiger partial charge in [0.05, 0.1) is 5.69 Å². The summed E-state index contributed by atoms with van der Waals surface area (Å²) in [5.74, 6) is -0.728. The summed E-state index contributed by atoms with van der Waals surface area (Å²) < 4.78 is 2.84. The van der Waals surface area contributed by atoms with E-state index in [2.05, 4.69) is 21.2 Å². The first-order chi connectivity index (χ1) is 13.5. The third-order valence-electron chi connectivity index (χ3n) is 5.98. The molecule has 0 spiro atoms. The van der Waals surface area contributed by atoms with Gasteiger partial charge in [0.25, 0.3) is 5.91 Å². The van der Waals surface area contributed by atoms with Crippen LogP contribution < -0.4 is 11.1 Å². The number of nitrogens with two attached hydrogens (primary N) is 1. The zero-order valence-electron chi connectivity index (χ0n) is 15.8. The first-order valence-corrected chi connectivity index (χ1v) is 10.8. The summed E-state index contributed by atoms with van der Waals surface area (Å²) in [4.78, 5) is 25.4. The van der Waals surface area contributed by atoms with Gasteiger partial charge in [-0.25, -0.2) is 4.68 Å². The molecule has 0 radical (unpaired) electrons. The number of halogens is 1. The van der Waals surface area contributed by atoms with Gasteiger partial charge in [-0.1, -0.05) is 41.3 Å². The Morgan fingerprint density at radius 2 is 1.86 bits per heavy atom. The van der Waals surface area contributed by atoms with E-state index >= 15 is 0 Å². The van der Waals surface area contributed by atoms with Crippen molar-refractivity contribution >= 4 is 27.7 Å². The molecule has 2 amide bonds. The normalized spacial score (nSPS) is 18.3. The molecule has 1 saturated carbocycles. The van der Waals surface area contributed by atoms with E-state index < -0.39 is 11.4 Å². The van der Waals surface area contributed by atoms with Crippen LogP contribution >= 0.6 is 15.9 Å². The maximum atomic E-state index is 13.2. The molecular weight excluding hydrogens is 420 g/mol. The van der Waals surface area contributed by atoms with Crippen molar-refractivity contribution in [3.63, 3.8) is 0 Å². The summed E-state index contributed by atoms with van der Waals surface area (Å²) in [7, 11) is 0. The lowest BCUT2D eigenvalue weighted by Crippen LogP contribution is -2.58. The van der Waals surface area contributed by atoms with Crippen LogP contribution in [0.3, 0.4) is 0 Å². The second-order valence-corrected chi connectivity index (χ2v) is 8.75. The van der Waals surface area contributed by atoms with Crippen molar-refractivity contribution < 1.29 is 9.59 Å². The lowest BCUT2D eigenvalue weighted by molar-refractivity contribution is -0.125. The van der Waals surface area contributed by atoms with Gasteiger partial charge in [0.1, 0.15) is 5.54 Å². The fourth-order valence-corrected chi connectivity index (χ4v) is 4.85. The number of hydrogen-bond acceptors (Lipinski definition) is 3. The molecule has 1 heterocycles. The molecule has 7 heteroatoms. The van der Waals surface area contributed by atoms with Crippen LogP contribution in [0, 0.1) is 0 Å². The third kappa shape index (κ3) is 3.48. The van der Waals surface area contributed by atoms with Gasteiger partial charge in [0, 0.05) is 15.7 Å². The molecular formula is C21H25BrN4O2. The number of benzene rings is 1. The monoisotopic (exact) mass is 444 g/mol. The van der Waals surface area contributed by atoms with Crippen molar-refractivity contribution in [1.29, 1.82) is 0 Å². The number of rotatable bonds is 4. The second-order valence-electron chi connectivity index (χ2n) is 7.83. The maximum Gasteiger partial charge on any atom is 0.272 e. The molecule has 1 aromatic heterocycles. The van der Waals surface area contributed by atoms with E-state index in [-0.39, 0.29) is 5.91 Å². The summed E-state index contributed by atoms with van der Waals surface area (Å²) in [5.41, 5.74) is 8.19. The molecule has 1 aromatic carbocycles. The second kappa shape index (κ2) is 7.70. The number of hydrogen-bond donors (Lipinski definition) is 2. The predicted molar refractivity (Wildman–Crippen MR) is 110 cm³/mol. The van der Waals surface area contributed by atoms with Crippen molar-refractivity contribution in [2.75, 3.05) is 0 Å². The minimum absolute atomic E-state index is 0.285. The van der Waals surface area contributed by atoms with Gasteiger partial charge in [0.15, 0.2) is 5.69 Å². The van der Waals surface area contributed by atoms with Crippen LogP contribution in [0.15, 0.2) is 28.7 Å². The quantitative estimate of drug-likeness (QED) is 0.756. The lowest BCUT2D eigenvalue weighted by atomic mass is 9.81. The molecule has 0 unspecified atom stereocenters. The highest BCUT2D eigenvalue weighted by Gasteiger charge is 2.40. The highest BCUT2D eigenvalue weighted by Crippen LogP contribution is 2.31. The SMILES string of the molecule is NC(=O)C1(NC(=O)c2nn(-c3cccc(Br)c3)c3c2CCCC3)CCCCC1. The number of nitrogens with zero attached hydrogens (tertiary/aromatic N) is 2. The Hall–Kier alpha value is -2.15. The van der Waals surface area contributed by atoms with E-state index in [0.717, 1.165) is 66.4 Å². The number of carbonyl (C=O) groups excluding carboxylic acids is 2. The van der Waals surface area contributed by atoms with Gasteiger partial charge in [0.2, 0.25) is 5.91 Å². The average molecular weight is 445 g/mol. The Kier molecular flexibility index (Phi) is 5.27. The van der Waals surface area contributed by atoms with Crippen LogP contribution in [0.4, 0.5) is 0 Å². The smallest absolute Gasteiger partial charge is 0.272 e. The molecule has 0 saturated heterocycles. The Morgan fingerprint density at radius 1 is 1.11 bits per heavy atom. The number of primary amides is 1. The topological polar surface area (TPSA) is 90.0 Å². The van der Waals surface area contributed by atoms with E-state index in [4.69, 9.17) is 10.8 Å². The van der Waals surface area contributed by atoms with Crippen LogP contribution in [0.2, 0.25) is 0 Å². The zero-order valence-corrected chi connectivity index (χ0v) is 17.4. The molecule has 28 heavy (non-hydrogen) atoms. The van der Waals surface area contributed by atoms with Crippen molar-refractivity contribution in [3.8, 4) is 5.69 Å². The number of carbonyl (C=O) groups is 2. The Bertz CT molecular complexity index is 915. The van der Waals surface area contributed by atoms with E-state index in [0.29, 0.717) is 18.5 Å². The molecule has 2 aliphatic rings. The molecule has 6 nitrogen and oxygen atoms in total. The summed E-state index contributed by atoms with van der Waals surface area (Å²) in [6.07, 6.45) is 7.90. The van der Waals surface area contributed by atoms with Gasteiger partial charge in [-0.15, -0.1) is 0 Å². The summed E-state index contributed by atoms with van der Waals surface area (Å²) in [5, 5.41) is 7.67. The molecule has 4 rings (SSSR count). The first-order valence-electron chi connectivity index (χ1n) is 9.99. The Balaban J connectivity index is 1.71. The number of nitrogens with one attached hydrogen (secondary N) is 1. The van der Waals surface area contributed by atoms with Crippen LogP contribution in [0.1, 0.15) is 66.7 Å². The fraction of sp³-hybridized carbons (Fsp3) is 0.476. The number of fused-ring (bicyclic) bond motifs is 1. The molecule has 2 aliphatic carbocycles. The van der Waals surface area contributed by atoms with Crippen molar-refractivity contribution in [2.24, 2.45) is 5.73 Å². The molecule has 0 atom stereocenters. The van der Waals surface area contributed by atoms with Crippen LogP contribution in [0.5, 0.6) is 0 Å². The summed E-state index contributed by atoms with van der Waals surface area (Å²) in [6.45, 7) is 0. The highest BCUT2D eigenvalue weighted by molar-refractivity contribution is 9.10. The van der Waals surface area contributed by atoms with Crippen molar-refractivity contribution in [3.05, 3.63) is 45.7 Å². The fourth-order valence-electron chi connectivity index (χ4n) is 4.47. The largest absolute Gasteiger partial charge is 0.368 e. The standard InChI is InChI=1S/C21H25BrN4O2/c22-14-7-6-8-15(13-14)26-17-10-3-2-9-16(17)18(25-26)19(27)24-21(20(23)28)11-4-1-5-12-21/h6-8,13H,1-5,9-12H2,(H2,23,28)(H,24,27). The first kappa shape index (κ1) is 19.2. The van der Waals surface area contributed by atoms with E-state index in [1.807, 2.05) is 28.9 Å². The predicted octanol–water partition coefficient (Wildman–Crippen LogP) is 3.43. The van der Waals surface area contributed by atoms with Crippen LogP contribution in [-0.4, -0.2) is 27.1 Å². The van der Waals surface area contributed by atoms with Crippen LogP contribution in [-0.2, 0) is 17.6 Å². The summed E-state index contributed by atoms with van der Waals surface area (Å²) >= 11 is 3.51. The van der Waals surface area contributed by atoms with E-state index in [1.54, 1.807) is 0 Å². The van der Waals surface area contributed by atoms with Crippen molar-refractivity contribution in [1.82, 2.24) is 15.1 Å². The molecule has 3 N–H and O–H groups in total. The lowest BCUT2D eigenvalue weighted by Gasteiger charge is -2.34. The minimum Gasteiger partial charge on any atom is -0.368 e. The van der Waals surface area contributed by atoms with E-state index in [9.17, 15) is 9.59 Å². The maximum absolute atomic E-state index is 13.2. The molecule has 1 fully saturated rings. The average Bonchev–Trinajstić information content (AvgIpc) is 3.08. The van der Waals surface area contributed by atoms with Gasteiger partial charge < -0.3 is 11.1 Å². The van der Waals surface area contributed by atoms with Crippen molar-refractivity contribution in [2.45, 2.75) is 63.3 Å². The van der Waals surface area contributed by atoms with Gasteiger partial charge >= 0.3 is 0 Å². The Labute approximate surface area is 173 Å². The number of amides is 2. The highest BCUT2D eigenvalue weighted by atomic mass is 79.9. The van der Waals surface area contributed by atoms with Gasteiger partial charge in [-0.05, 0) is 56.7 Å². The minimum atomic E-state index is -0.948. The van der Waals surface area contributed by atoms with Gasteiger partial charge in [-0.2, -0.15) is 5.10 Å². The number of aromatic nitrogens is 2. The molecule has 2 aromatic rings. The molecule has 0 bridgehead atoms.